The molecule has 1 aliphatic carbocycles. The second kappa shape index (κ2) is 11.0. The molecule has 11 aromatic rings. The Balaban J connectivity index is 1.06. The molecule has 0 bridgehead atoms. The van der Waals surface area contributed by atoms with Crippen molar-refractivity contribution in [3.63, 3.8) is 0 Å². The average molecular weight is 708 g/mol. The van der Waals surface area contributed by atoms with Crippen LogP contribution in [0.2, 0.25) is 0 Å². The van der Waals surface area contributed by atoms with E-state index in [4.69, 9.17) is 13.3 Å². The van der Waals surface area contributed by atoms with Crippen molar-refractivity contribution >= 4 is 82.9 Å². The molecule has 4 nitrogen and oxygen atoms in total. The van der Waals surface area contributed by atoms with Gasteiger partial charge in [0.15, 0.2) is 0 Å². The molecule has 55 heavy (non-hydrogen) atoms. The molecule has 260 valence electrons. The van der Waals surface area contributed by atoms with Crippen LogP contribution in [0, 0.1) is 0 Å². The van der Waals surface area contributed by atoms with Gasteiger partial charge in [-0.05, 0) is 106 Å². The van der Waals surface area contributed by atoms with Crippen molar-refractivity contribution in [2.24, 2.45) is 0 Å². The van der Waals surface area contributed by atoms with E-state index in [1.165, 1.54) is 27.8 Å². The maximum atomic E-state index is 6.43. The molecule has 0 saturated carbocycles. The predicted molar refractivity (Wildman–Crippen MR) is 226 cm³/mol. The van der Waals surface area contributed by atoms with Gasteiger partial charge in [-0.15, -0.1) is 0 Å². The third-order valence-corrected chi connectivity index (χ3v) is 11.9. The molecule has 0 spiro atoms. The van der Waals surface area contributed by atoms with E-state index in [2.05, 4.69) is 152 Å². The maximum absolute atomic E-state index is 6.43. The molecule has 8 aromatic carbocycles. The second-order valence-electron chi connectivity index (χ2n) is 15.3. The van der Waals surface area contributed by atoms with E-state index < -0.39 is 0 Å². The lowest BCUT2D eigenvalue weighted by Gasteiger charge is -2.27. The number of benzene rings is 8. The van der Waals surface area contributed by atoms with Crippen LogP contribution in [0.15, 0.2) is 177 Å². The maximum Gasteiger partial charge on any atom is 0.137 e. The highest BCUT2D eigenvalue weighted by atomic mass is 16.3. The summed E-state index contributed by atoms with van der Waals surface area (Å²) in [6.45, 7) is 4.67. The fourth-order valence-electron chi connectivity index (χ4n) is 9.25. The Morgan fingerprint density at radius 3 is 1.58 bits per heavy atom. The van der Waals surface area contributed by atoms with Gasteiger partial charge in [0.05, 0.1) is 22.1 Å². The van der Waals surface area contributed by atoms with Gasteiger partial charge in [-0.1, -0.05) is 105 Å². The van der Waals surface area contributed by atoms with Crippen molar-refractivity contribution in [2.45, 2.75) is 19.3 Å². The molecule has 3 aromatic heterocycles. The monoisotopic (exact) mass is 707 g/mol. The molecule has 0 N–H and O–H groups in total. The lowest BCUT2D eigenvalue weighted by Crippen LogP contribution is -2.15. The molecule has 1 aliphatic rings. The highest BCUT2D eigenvalue weighted by Gasteiger charge is 2.36. The number of para-hydroxylation sites is 3. The van der Waals surface area contributed by atoms with Crippen LogP contribution in [0.3, 0.4) is 0 Å². The minimum Gasteiger partial charge on any atom is -0.456 e. The van der Waals surface area contributed by atoms with Crippen molar-refractivity contribution in [1.82, 2.24) is 0 Å². The summed E-state index contributed by atoms with van der Waals surface area (Å²) >= 11 is 0. The van der Waals surface area contributed by atoms with Crippen LogP contribution in [0.4, 0.5) is 17.1 Å². The van der Waals surface area contributed by atoms with Gasteiger partial charge in [0, 0.05) is 32.6 Å². The Labute approximate surface area is 316 Å². The van der Waals surface area contributed by atoms with Crippen LogP contribution >= 0.6 is 0 Å². The number of hydrogen-bond donors (Lipinski definition) is 0. The van der Waals surface area contributed by atoms with E-state index in [9.17, 15) is 0 Å². The van der Waals surface area contributed by atoms with Crippen LogP contribution < -0.4 is 4.90 Å². The van der Waals surface area contributed by atoms with Crippen LogP contribution in [0.5, 0.6) is 0 Å². The lowest BCUT2D eigenvalue weighted by molar-refractivity contribution is 0.647. The normalized spacial score (nSPS) is 13.4. The minimum atomic E-state index is -0.201. The summed E-state index contributed by atoms with van der Waals surface area (Å²) in [5.41, 5.74) is 15.7. The summed E-state index contributed by atoms with van der Waals surface area (Å²) in [5.74, 6) is 0. The lowest BCUT2D eigenvalue weighted by atomic mass is 9.81. The third-order valence-electron chi connectivity index (χ3n) is 11.9. The van der Waals surface area contributed by atoms with Gasteiger partial charge in [0.25, 0.3) is 0 Å². The summed E-state index contributed by atoms with van der Waals surface area (Å²) < 4.78 is 19.2. The van der Waals surface area contributed by atoms with Gasteiger partial charge in [-0.25, -0.2) is 0 Å². The predicted octanol–water partition coefficient (Wildman–Crippen LogP) is 14.8. The fraction of sp³-hybridized carbons (Fsp3) is 0.0588. The summed E-state index contributed by atoms with van der Waals surface area (Å²) in [4.78, 5) is 2.38. The molecule has 4 heteroatoms. The fourth-order valence-corrected chi connectivity index (χ4v) is 9.25. The zero-order valence-electron chi connectivity index (χ0n) is 30.3. The van der Waals surface area contributed by atoms with Crippen molar-refractivity contribution in [1.29, 1.82) is 0 Å². The van der Waals surface area contributed by atoms with E-state index >= 15 is 0 Å². The first-order chi connectivity index (χ1) is 27.0. The van der Waals surface area contributed by atoms with Gasteiger partial charge >= 0.3 is 0 Å². The molecule has 0 aliphatic heterocycles. The largest absolute Gasteiger partial charge is 0.456 e. The van der Waals surface area contributed by atoms with Gasteiger partial charge in [-0.3, -0.25) is 0 Å². The average Bonchev–Trinajstić information content (AvgIpc) is 3.96. The van der Waals surface area contributed by atoms with E-state index in [0.29, 0.717) is 0 Å². The first kappa shape index (κ1) is 30.4. The second-order valence-corrected chi connectivity index (χ2v) is 15.3. The van der Waals surface area contributed by atoms with Gasteiger partial charge < -0.3 is 18.2 Å². The van der Waals surface area contributed by atoms with E-state index in [0.717, 1.165) is 88.4 Å². The van der Waals surface area contributed by atoms with Crippen molar-refractivity contribution in [3.05, 3.63) is 175 Å². The Morgan fingerprint density at radius 1 is 0.382 bits per heavy atom. The molecule has 0 saturated heterocycles. The molecule has 0 radical (unpaired) electrons. The zero-order valence-corrected chi connectivity index (χ0v) is 30.3. The third kappa shape index (κ3) is 4.28. The Hall–Kier alpha value is -7.04. The number of nitrogens with zero attached hydrogens (tertiary/aromatic N) is 1. The zero-order chi connectivity index (χ0) is 36.4. The van der Waals surface area contributed by atoms with E-state index in [1.807, 2.05) is 30.3 Å². The summed E-state index contributed by atoms with van der Waals surface area (Å²) in [6, 6.07) is 58.1. The SMILES string of the molecule is CC1(C)c2cc(-c3cccc(N(c4cccc5oc6ccccc6c45)c4cccc5oc6ccccc6c45)c3)ccc2-c2cc3c(cc21)oc1ccccc13. The molecule has 12 rings (SSSR count). The first-order valence-electron chi connectivity index (χ1n) is 18.8. The highest BCUT2D eigenvalue weighted by molar-refractivity contribution is 6.18. The van der Waals surface area contributed by atoms with Gasteiger partial charge in [-0.2, -0.15) is 0 Å². The smallest absolute Gasteiger partial charge is 0.137 e. The summed E-state index contributed by atoms with van der Waals surface area (Å²) in [7, 11) is 0. The van der Waals surface area contributed by atoms with Gasteiger partial charge in [0.1, 0.15) is 33.5 Å². The molecular weight excluding hydrogens is 675 g/mol. The van der Waals surface area contributed by atoms with Crippen LogP contribution in [-0.2, 0) is 5.41 Å². The van der Waals surface area contributed by atoms with Crippen LogP contribution in [0.25, 0.3) is 88.1 Å². The number of furan rings is 3. The quantitative estimate of drug-likeness (QED) is 0.183. The van der Waals surface area contributed by atoms with Crippen molar-refractivity contribution in [2.75, 3.05) is 4.90 Å². The standard InChI is InChI=1S/C51H33NO3/c1-51(2)39-27-31(24-25-33(39)37-28-38-34-14-3-6-19-43(34)55-48(38)29-40(37)51)30-12-9-13-32(26-30)52(41-17-10-22-46-49(41)35-15-4-7-20-44(35)53-46)42-18-11-23-47-50(42)36-16-5-8-21-45(36)54-47/h3-29H,1-2H3. The molecule has 0 amide bonds. The van der Waals surface area contributed by atoms with E-state index in [-0.39, 0.29) is 5.41 Å². The highest BCUT2D eigenvalue weighted by Crippen LogP contribution is 2.52. The summed E-state index contributed by atoms with van der Waals surface area (Å²) in [5, 5.41) is 6.63. The molecule has 0 atom stereocenters. The Morgan fingerprint density at radius 2 is 0.909 bits per heavy atom. The number of fused-ring (bicyclic) bond motifs is 12. The molecule has 3 heterocycles. The summed E-state index contributed by atoms with van der Waals surface area (Å²) in [6.07, 6.45) is 0. The first-order valence-corrected chi connectivity index (χ1v) is 18.8. The Bertz CT molecular complexity index is 3260. The molecular formula is C51H33NO3. The topological polar surface area (TPSA) is 42.7 Å². The molecule has 0 unspecified atom stereocenters. The molecule has 0 fully saturated rings. The number of hydrogen-bond acceptors (Lipinski definition) is 4. The van der Waals surface area contributed by atoms with Crippen molar-refractivity contribution < 1.29 is 13.3 Å². The number of anilines is 3. The minimum absolute atomic E-state index is 0.201. The van der Waals surface area contributed by atoms with Crippen LogP contribution in [0.1, 0.15) is 25.0 Å². The van der Waals surface area contributed by atoms with Gasteiger partial charge in [0.2, 0.25) is 0 Å². The Kier molecular flexibility index (Phi) is 6.09. The van der Waals surface area contributed by atoms with Crippen LogP contribution in [-0.4, -0.2) is 0 Å². The van der Waals surface area contributed by atoms with E-state index in [1.54, 1.807) is 0 Å². The van der Waals surface area contributed by atoms with Crippen molar-refractivity contribution in [3.8, 4) is 22.3 Å². The number of rotatable bonds is 4.